The van der Waals surface area contributed by atoms with Crippen LogP contribution in [0.25, 0.3) is 0 Å². The molecule has 132 valence electrons. The number of nitrogens with zero attached hydrogens (tertiary/aromatic N) is 1. The van der Waals surface area contributed by atoms with Gasteiger partial charge in [0.2, 0.25) is 5.75 Å². The van der Waals surface area contributed by atoms with Crippen LogP contribution in [0.1, 0.15) is 22.8 Å². The maximum atomic E-state index is 11.6. The molecule has 0 bridgehead atoms. The van der Waals surface area contributed by atoms with Crippen molar-refractivity contribution in [2.24, 2.45) is 4.99 Å². The molecule has 0 atom stereocenters. The van der Waals surface area contributed by atoms with E-state index in [9.17, 15) is 4.79 Å². The Kier molecular flexibility index (Phi) is 6.39. The van der Waals surface area contributed by atoms with Gasteiger partial charge in [0.25, 0.3) is 0 Å². The van der Waals surface area contributed by atoms with Gasteiger partial charge in [-0.15, -0.1) is 0 Å². The number of aliphatic imine (C=N–C) groups is 1. The molecule has 0 aliphatic rings. The van der Waals surface area contributed by atoms with Gasteiger partial charge >= 0.3 is 5.97 Å². The number of esters is 1. The minimum absolute atomic E-state index is 0.345. The predicted octanol–water partition coefficient (Wildman–Crippen LogP) is 3.64. The molecule has 0 saturated heterocycles. The molecule has 0 spiro atoms. The molecular weight excluding hydrogens is 322 g/mol. The van der Waals surface area contributed by atoms with Crippen LogP contribution in [0.3, 0.4) is 0 Å². The van der Waals surface area contributed by atoms with Crippen molar-refractivity contribution in [1.29, 1.82) is 0 Å². The van der Waals surface area contributed by atoms with Crippen LogP contribution in [0.4, 0.5) is 5.69 Å². The first-order valence-corrected chi connectivity index (χ1v) is 7.74. The fraction of sp³-hybridized carbons (Fsp3) is 0.263. The first-order chi connectivity index (χ1) is 12.1. The summed E-state index contributed by atoms with van der Waals surface area (Å²) >= 11 is 0. The first-order valence-electron chi connectivity index (χ1n) is 7.74. The largest absolute Gasteiger partial charge is 0.493 e. The second kappa shape index (κ2) is 8.73. The highest BCUT2D eigenvalue weighted by Gasteiger charge is 2.12. The van der Waals surface area contributed by atoms with Gasteiger partial charge in [-0.1, -0.05) is 0 Å². The average molecular weight is 343 g/mol. The highest BCUT2D eigenvalue weighted by atomic mass is 16.5. The zero-order valence-corrected chi connectivity index (χ0v) is 14.7. The summed E-state index contributed by atoms with van der Waals surface area (Å²) < 4.78 is 20.9. The fourth-order valence-corrected chi connectivity index (χ4v) is 2.22. The number of methoxy groups -OCH3 is 3. The molecule has 0 aromatic heterocycles. The SMILES string of the molecule is CCOC(=O)c1ccc(N=Cc2cc(OC)c(OC)c(OC)c2)cc1. The summed E-state index contributed by atoms with van der Waals surface area (Å²) in [4.78, 5) is 16.0. The number of hydrogen-bond acceptors (Lipinski definition) is 6. The fourth-order valence-electron chi connectivity index (χ4n) is 2.22. The van der Waals surface area contributed by atoms with E-state index >= 15 is 0 Å². The Balaban J connectivity index is 2.22. The summed E-state index contributed by atoms with van der Waals surface area (Å²) in [6.45, 7) is 2.12. The van der Waals surface area contributed by atoms with Crippen molar-refractivity contribution in [1.82, 2.24) is 0 Å². The average Bonchev–Trinajstić information content (AvgIpc) is 2.65. The van der Waals surface area contributed by atoms with Gasteiger partial charge < -0.3 is 18.9 Å². The van der Waals surface area contributed by atoms with Gasteiger partial charge in [0.05, 0.1) is 39.2 Å². The van der Waals surface area contributed by atoms with Crippen molar-refractivity contribution in [2.75, 3.05) is 27.9 Å². The zero-order valence-electron chi connectivity index (χ0n) is 14.7. The van der Waals surface area contributed by atoms with Gasteiger partial charge in [0, 0.05) is 11.8 Å². The van der Waals surface area contributed by atoms with E-state index in [1.807, 2.05) is 0 Å². The van der Waals surface area contributed by atoms with E-state index in [1.54, 1.807) is 70.9 Å². The summed E-state index contributed by atoms with van der Waals surface area (Å²) in [7, 11) is 4.68. The van der Waals surface area contributed by atoms with Crippen molar-refractivity contribution >= 4 is 17.9 Å². The molecule has 2 aromatic rings. The number of carbonyl (C=O) groups excluding carboxylic acids is 1. The predicted molar refractivity (Wildman–Crippen MR) is 95.8 cm³/mol. The van der Waals surface area contributed by atoms with Crippen LogP contribution in [-0.4, -0.2) is 40.1 Å². The lowest BCUT2D eigenvalue weighted by Crippen LogP contribution is -2.03. The molecule has 0 N–H and O–H groups in total. The summed E-state index contributed by atoms with van der Waals surface area (Å²) in [5.41, 5.74) is 2.00. The number of carbonyl (C=O) groups is 1. The van der Waals surface area contributed by atoms with Crippen molar-refractivity contribution in [3.63, 3.8) is 0 Å². The quantitative estimate of drug-likeness (QED) is 0.567. The Bertz CT molecular complexity index is 728. The van der Waals surface area contributed by atoms with Crippen LogP contribution in [0.2, 0.25) is 0 Å². The van der Waals surface area contributed by atoms with Crippen LogP contribution in [0.15, 0.2) is 41.4 Å². The Labute approximate surface area is 147 Å². The van der Waals surface area contributed by atoms with Crippen molar-refractivity contribution in [3.8, 4) is 17.2 Å². The minimum atomic E-state index is -0.345. The van der Waals surface area contributed by atoms with Crippen LogP contribution in [0.5, 0.6) is 17.2 Å². The first kappa shape index (κ1) is 18.3. The molecule has 0 fully saturated rings. The Morgan fingerprint density at radius 3 is 2.08 bits per heavy atom. The van der Waals surface area contributed by atoms with E-state index in [-0.39, 0.29) is 5.97 Å². The molecule has 0 saturated carbocycles. The van der Waals surface area contributed by atoms with Gasteiger partial charge in [-0.25, -0.2) is 4.79 Å². The number of rotatable bonds is 7. The van der Waals surface area contributed by atoms with E-state index in [0.717, 1.165) is 5.56 Å². The van der Waals surface area contributed by atoms with Crippen LogP contribution >= 0.6 is 0 Å². The number of benzene rings is 2. The van der Waals surface area contributed by atoms with Gasteiger partial charge in [-0.2, -0.15) is 0 Å². The molecule has 25 heavy (non-hydrogen) atoms. The summed E-state index contributed by atoms with van der Waals surface area (Å²) in [6, 6.07) is 10.5. The van der Waals surface area contributed by atoms with E-state index in [2.05, 4.69) is 4.99 Å². The molecule has 0 heterocycles. The molecule has 0 amide bonds. The number of hydrogen-bond donors (Lipinski definition) is 0. The molecule has 6 nitrogen and oxygen atoms in total. The molecule has 0 aliphatic carbocycles. The highest BCUT2D eigenvalue weighted by Crippen LogP contribution is 2.37. The molecular formula is C19H21NO5. The third-order valence-corrected chi connectivity index (χ3v) is 3.43. The Morgan fingerprint density at radius 1 is 1.00 bits per heavy atom. The molecule has 2 rings (SSSR count). The molecule has 6 heteroatoms. The van der Waals surface area contributed by atoms with E-state index in [4.69, 9.17) is 18.9 Å². The van der Waals surface area contributed by atoms with Gasteiger partial charge in [-0.05, 0) is 43.3 Å². The summed E-state index contributed by atoms with van der Waals surface area (Å²) in [5, 5.41) is 0. The Hall–Kier alpha value is -3.02. The lowest BCUT2D eigenvalue weighted by atomic mass is 10.2. The normalized spacial score (nSPS) is 10.6. The van der Waals surface area contributed by atoms with E-state index in [0.29, 0.717) is 35.1 Å². The molecule has 0 radical (unpaired) electrons. The van der Waals surface area contributed by atoms with E-state index < -0.39 is 0 Å². The lowest BCUT2D eigenvalue weighted by Gasteiger charge is -2.12. The molecule has 2 aromatic carbocycles. The summed E-state index contributed by atoms with van der Waals surface area (Å²) in [6.07, 6.45) is 1.68. The third kappa shape index (κ3) is 4.50. The van der Waals surface area contributed by atoms with Crippen molar-refractivity contribution in [2.45, 2.75) is 6.92 Å². The summed E-state index contributed by atoms with van der Waals surface area (Å²) in [5.74, 6) is 1.30. The second-order valence-electron chi connectivity index (χ2n) is 4.98. The molecule has 0 unspecified atom stereocenters. The highest BCUT2D eigenvalue weighted by molar-refractivity contribution is 5.90. The van der Waals surface area contributed by atoms with Gasteiger partial charge in [0.1, 0.15) is 0 Å². The van der Waals surface area contributed by atoms with Crippen molar-refractivity contribution in [3.05, 3.63) is 47.5 Å². The topological polar surface area (TPSA) is 66.4 Å². The standard InChI is InChI=1S/C19H21NO5/c1-5-25-19(21)14-6-8-15(9-7-14)20-12-13-10-16(22-2)18(24-4)17(11-13)23-3/h6-12H,5H2,1-4H3. The number of ether oxygens (including phenoxy) is 4. The van der Waals surface area contributed by atoms with Crippen LogP contribution in [-0.2, 0) is 4.74 Å². The van der Waals surface area contributed by atoms with Crippen LogP contribution < -0.4 is 14.2 Å². The van der Waals surface area contributed by atoms with Crippen molar-refractivity contribution < 1.29 is 23.7 Å². The maximum absolute atomic E-state index is 11.6. The van der Waals surface area contributed by atoms with Gasteiger partial charge in [-0.3, -0.25) is 4.99 Å². The lowest BCUT2D eigenvalue weighted by molar-refractivity contribution is 0.0526. The monoisotopic (exact) mass is 343 g/mol. The maximum Gasteiger partial charge on any atom is 0.338 e. The smallest absolute Gasteiger partial charge is 0.338 e. The molecule has 0 aliphatic heterocycles. The third-order valence-electron chi connectivity index (χ3n) is 3.43. The minimum Gasteiger partial charge on any atom is -0.493 e. The second-order valence-corrected chi connectivity index (χ2v) is 4.98. The van der Waals surface area contributed by atoms with E-state index in [1.165, 1.54) is 0 Å². The zero-order chi connectivity index (χ0) is 18.2. The van der Waals surface area contributed by atoms with Gasteiger partial charge in [0.15, 0.2) is 11.5 Å². The van der Waals surface area contributed by atoms with Crippen LogP contribution in [0, 0.1) is 0 Å². The Morgan fingerprint density at radius 2 is 1.60 bits per heavy atom.